The number of benzene rings is 3. The minimum Gasteiger partial charge on any atom is -0.489 e. The number of fused-ring (bicyclic) bond motifs is 1. The van der Waals surface area contributed by atoms with Gasteiger partial charge in [-0.15, -0.1) is 11.3 Å². The number of hydrogen-bond acceptors (Lipinski definition) is 4. The largest absolute Gasteiger partial charge is 0.489 e. The molecule has 0 spiro atoms. The first-order valence-electron chi connectivity index (χ1n) is 11.2. The molecule has 2 heterocycles. The molecule has 0 bridgehead atoms. The molecular weight excluding hydrogens is 454 g/mol. The van der Waals surface area contributed by atoms with Crippen LogP contribution in [0.25, 0.3) is 10.8 Å². The first kappa shape index (κ1) is 22.5. The molecule has 4 nitrogen and oxygen atoms in total. The fraction of sp³-hybridized carbons (Fsp3) is 0.222. The van der Waals surface area contributed by atoms with E-state index in [-0.39, 0.29) is 5.91 Å². The maximum atomic E-state index is 14.0. The number of carbonyl (C=O) groups excluding carboxylic acids is 1. The Kier molecular flexibility index (Phi) is 6.56. The molecule has 0 radical (unpaired) electrons. The smallest absolute Gasteiger partial charge is 0.264 e. The minimum absolute atomic E-state index is 0.00135. The van der Waals surface area contributed by atoms with Crippen molar-refractivity contribution in [1.82, 2.24) is 9.80 Å². The van der Waals surface area contributed by atoms with E-state index in [0.717, 1.165) is 22.8 Å². The van der Waals surface area contributed by atoms with Crippen molar-refractivity contribution < 1.29 is 18.3 Å². The van der Waals surface area contributed by atoms with Crippen molar-refractivity contribution in [1.29, 1.82) is 0 Å². The van der Waals surface area contributed by atoms with Crippen LogP contribution in [0.2, 0.25) is 0 Å². The lowest BCUT2D eigenvalue weighted by Gasteiger charge is -2.34. The normalized spacial score (nSPS) is 14.5. The quantitative estimate of drug-likeness (QED) is 0.356. The van der Waals surface area contributed by atoms with Gasteiger partial charge in [-0.2, -0.15) is 0 Å². The highest BCUT2D eigenvalue weighted by Crippen LogP contribution is 2.24. The highest BCUT2D eigenvalue weighted by molar-refractivity contribution is 7.12. The molecule has 1 aliphatic heterocycles. The van der Waals surface area contributed by atoms with Crippen molar-refractivity contribution in [2.75, 3.05) is 26.2 Å². The molecule has 4 aromatic rings. The molecule has 1 aliphatic rings. The fourth-order valence-corrected chi connectivity index (χ4v) is 5.03. The first-order chi connectivity index (χ1) is 16.6. The van der Waals surface area contributed by atoms with Crippen molar-refractivity contribution in [2.24, 2.45) is 0 Å². The maximum Gasteiger partial charge on any atom is 0.264 e. The van der Waals surface area contributed by atoms with Gasteiger partial charge in [0.1, 0.15) is 12.4 Å². The summed E-state index contributed by atoms with van der Waals surface area (Å²) in [7, 11) is 0. The highest BCUT2D eigenvalue weighted by atomic mass is 32.1. The Hall–Kier alpha value is -3.29. The second kappa shape index (κ2) is 9.91. The molecule has 34 heavy (non-hydrogen) atoms. The van der Waals surface area contributed by atoms with Gasteiger partial charge in [0.25, 0.3) is 5.91 Å². The third-order valence-electron chi connectivity index (χ3n) is 6.08. The lowest BCUT2D eigenvalue weighted by Crippen LogP contribution is -2.48. The van der Waals surface area contributed by atoms with Crippen LogP contribution in [0.1, 0.15) is 20.8 Å². The Balaban J connectivity index is 1.14. The molecule has 5 rings (SSSR count). The summed E-state index contributed by atoms with van der Waals surface area (Å²) in [5, 5.41) is 4.25. The summed E-state index contributed by atoms with van der Waals surface area (Å²) in [5.41, 5.74) is 1.30. The van der Waals surface area contributed by atoms with E-state index in [4.69, 9.17) is 4.74 Å². The molecule has 1 aromatic heterocycles. The number of hydrogen-bond donors (Lipinski definition) is 0. The number of thiophene rings is 1. The predicted molar refractivity (Wildman–Crippen MR) is 130 cm³/mol. The molecule has 0 unspecified atom stereocenters. The van der Waals surface area contributed by atoms with E-state index < -0.39 is 11.6 Å². The Labute approximate surface area is 201 Å². The third-order valence-corrected chi connectivity index (χ3v) is 7.04. The van der Waals surface area contributed by atoms with E-state index >= 15 is 0 Å². The van der Waals surface area contributed by atoms with E-state index in [9.17, 15) is 13.6 Å². The van der Waals surface area contributed by atoms with Crippen LogP contribution >= 0.6 is 11.3 Å². The van der Waals surface area contributed by atoms with Crippen molar-refractivity contribution >= 4 is 28.0 Å². The van der Waals surface area contributed by atoms with Crippen LogP contribution in [0.15, 0.2) is 72.1 Å². The molecule has 7 heteroatoms. The van der Waals surface area contributed by atoms with Gasteiger partial charge in [-0.05, 0) is 40.4 Å². The van der Waals surface area contributed by atoms with Gasteiger partial charge in [-0.3, -0.25) is 9.69 Å². The maximum absolute atomic E-state index is 14.0. The van der Waals surface area contributed by atoms with Crippen LogP contribution in [0.3, 0.4) is 0 Å². The van der Waals surface area contributed by atoms with E-state index in [0.29, 0.717) is 49.8 Å². The number of halogens is 2. The van der Waals surface area contributed by atoms with Crippen LogP contribution in [0.4, 0.5) is 8.78 Å². The van der Waals surface area contributed by atoms with Crippen LogP contribution in [0.5, 0.6) is 5.75 Å². The van der Waals surface area contributed by atoms with Gasteiger partial charge in [0.15, 0.2) is 11.6 Å². The molecule has 0 aliphatic carbocycles. The second-order valence-electron chi connectivity index (χ2n) is 8.40. The van der Waals surface area contributed by atoms with Crippen LogP contribution in [0, 0.1) is 11.6 Å². The lowest BCUT2D eigenvalue weighted by atomic mass is 10.1. The molecular formula is C27H24F2N2O2S. The van der Waals surface area contributed by atoms with Crippen LogP contribution < -0.4 is 4.74 Å². The summed E-state index contributed by atoms with van der Waals surface area (Å²) in [4.78, 5) is 17.5. The van der Waals surface area contributed by atoms with Gasteiger partial charge in [0.05, 0.1) is 4.88 Å². The molecule has 174 valence electrons. The van der Waals surface area contributed by atoms with E-state index in [1.807, 2.05) is 51.6 Å². The summed E-state index contributed by atoms with van der Waals surface area (Å²) in [6.07, 6.45) is 0. The third kappa shape index (κ3) is 4.95. The zero-order valence-electron chi connectivity index (χ0n) is 18.5. The Morgan fingerprint density at radius 2 is 1.71 bits per heavy atom. The van der Waals surface area contributed by atoms with Gasteiger partial charge in [0, 0.05) is 43.9 Å². The summed E-state index contributed by atoms with van der Waals surface area (Å²) in [5.74, 6) is -0.829. The monoisotopic (exact) mass is 478 g/mol. The Morgan fingerprint density at radius 3 is 2.53 bits per heavy atom. The van der Waals surface area contributed by atoms with E-state index in [1.54, 1.807) is 6.07 Å². The van der Waals surface area contributed by atoms with Gasteiger partial charge in [0.2, 0.25) is 0 Å². The van der Waals surface area contributed by atoms with E-state index in [1.165, 1.54) is 22.8 Å². The number of piperazine rings is 1. The molecule has 1 amide bonds. The molecule has 0 saturated carbocycles. The zero-order chi connectivity index (χ0) is 23.5. The molecule has 1 saturated heterocycles. The molecule has 0 atom stereocenters. The van der Waals surface area contributed by atoms with Gasteiger partial charge < -0.3 is 9.64 Å². The highest BCUT2D eigenvalue weighted by Gasteiger charge is 2.24. The summed E-state index contributed by atoms with van der Waals surface area (Å²) < 4.78 is 33.3. The predicted octanol–water partition coefficient (Wildman–Crippen LogP) is 5.72. The summed E-state index contributed by atoms with van der Waals surface area (Å²) >= 11 is 1.42. The van der Waals surface area contributed by atoms with Gasteiger partial charge >= 0.3 is 0 Å². The lowest BCUT2D eigenvalue weighted by molar-refractivity contribution is 0.0631. The van der Waals surface area contributed by atoms with Crippen molar-refractivity contribution in [3.63, 3.8) is 0 Å². The molecule has 0 N–H and O–H groups in total. The summed E-state index contributed by atoms with van der Waals surface area (Å²) in [6, 6.07) is 20.3. The van der Waals surface area contributed by atoms with Crippen LogP contribution in [-0.2, 0) is 13.2 Å². The number of rotatable bonds is 6. The average Bonchev–Trinajstić information content (AvgIpc) is 3.34. The minimum atomic E-state index is -0.829. The number of nitrogens with zero attached hydrogens (tertiary/aromatic N) is 2. The van der Waals surface area contributed by atoms with Gasteiger partial charge in [-0.25, -0.2) is 8.78 Å². The average molecular weight is 479 g/mol. The topological polar surface area (TPSA) is 32.8 Å². The van der Waals surface area contributed by atoms with Crippen molar-refractivity contribution in [3.8, 4) is 5.75 Å². The van der Waals surface area contributed by atoms with Crippen molar-refractivity contribution in [2.45, 2.75) is 13.2 Å². The Bertz CT molecular complexity index is 1310. The zero-order valence-corrected chi connectivity index (χ0v) is 19.4. The Morgan fingerprint density at radius 1 is 0.912 bits per heavy atom. The standard InChI is InChI=1S/C27H24F2N2O2S/c28-24-7-3-6-22(26(24)29)16-30-10-12-31(13-11-30)27(32)25-14-19(18-34-25)17-33-23-9-8-20-4-1-2-5-21(20)15-23/h1-9,14-15,18H,10-13,16-17H2. The van der Waals surface area contributed by atoms with Crippen LogP contribution in [-0.4, -0.2) is 41.9 Å². The van der Waals surface area contributed by atoms with E-state index in [2.05, 4.69) is 12.1 Å². The number of carbonyl (C=O) groups is 1. The van der Waals surface area contributed by atoms with Crippen molar-refractivity contribution in [3.05, 3.63) is 99.7 Å². The number of ether oxygens (including phenoxy) is 1. The SMILES string of the molecule is O=C(c1cc(COc2ccc3ccccc3c2)cs1)N1CCN(Cc2cccc(F)c2F)CC1. The molecule has 3 aromatic carbocycles. The summed E-state index contributed by atoms with van der Waals surface area (Å²) in [6.45, 7) is 3.07. The second-order valence-corrected chi connectivity index (χ2v) is 9.31. The fourth-order valence-electron chi connectivity index (χ4n) is 4.16. The number of amides is 1. The van der Waals surface area contributed by atoms with Gasteiger partial charge in [-0.1, -0.05) is 42.5 Å². The first-order valence-corrected chi connectivity index (χ1v) is 12.1. The molecule has 1 fully saturated rings.